The van der Waals surface area contributed by atoms with E-state index in [-0.39, 0.29) is 0 Å². The zero-order valence-electron chi connectivity index (χ0n) is 12.7. The number of ether oxygens (including phenoxy) is 1. The zero-order chi connectivity index (χ0) is 15.6. The van der Waals surface area contributed by atoms with Gasteiger partial charge in [0.25, 0.3) is 0 Å². The largest absolute Gasteiger partial charge is 0.481 e. The van der Waals surface area contributed by atoms with Crippen molar-refractivity contribution in [3.8, 4) is 5.88 Å². The van der Waals surface area contributed by atoms with Gasteiger partial charge in [0.1, 0.15) is 5.52 Å². The van der Waals surface area contributed by atoms with Gasteiger partial charge in [-0.15, -0.1) is 0 Å². The summed E-state index contributed by atoms with van der Waals surface area (Å²) >= 11 is 0. The first-order chi connectivity index (χ1) is 11.3. The molecule has 5 heteroatoms. The summed E-state index contributed by atoms with van der Waals surface area (Å²) in [7, 11) is 1.62. The standard InChI is InChI=1S/C18H16N4O/c1-23-16-10-9-14-18(21-16)22-11-5-8-15(22)17(20-14)19-12-13-6-3-2-4-7-13/h2-11H,12H2,1H3,(H,19,20). The average molecular weight is 304 g/mol. The first kappa shape index (κ1) is 13.6. The van der Waals surface area contributed by atoms with Gasteiger partial charge in [0, 0.05) is 18.8 Å². The highest BCUT2D eigenvalue weighted by atomic mass is 16.5. The first-order valence-electron chi connectivity index (χ1n) is 7.45. The van der Waals surface area contributed by atoms with Crippen LogP contribution < -0.4 is 10.1 Å². The topological polar surface area (TPSA) is 51.5 Å². The molecule has 1 aromatic carbocycles. The van der Waals surface area contributed by atoms with Gasteiger partial charge in [0.2, 0.25) is 5.88 Å². The first-order valence-corrected chi connectivity index (χ1v) is 7.45. The zero-order valence-corrected chi connectivity index (χ0v) is 12.7. The molecule has 4 aromatic rings. The maximum Gasteiger partial charge on any atom is 0.215 e. The van der Waals surface area contributed by atoms with E-state index < -0.39 is 0 Å². The molecule has 0 bridgehead atoms. The fourth-order valence-corrected chi connectivity index (χ4v) is 2.65. The normalized spacial score (nSPS) is 11.0. The Morgan fingerprint density at radius 3 is 2.70 bits per heavy atom. The molecule has 0 fully saturated rings. The lowest BCUT2D eigenvalue weighted by molar-refractivity contribution is 0.399. The maximum absolute atomic E-state index is 5.22. The lowest BCUT2D eigenvalue weighted by Gasteiger charge is -2.11. The number of methoxy groups -OCH3 is 1. The summed E-state index contributed by atoms with van der Waals surface area (Å²) < 4.78 is 7.24. The van der Waals surface area contributed by atoms with Crippen molar-refractivity contribution in [1.82, 2.24) is 14.4 Å². The number of benzene rings is 1. The van der Waals surface area contributed by atoms with Crippen molar-refractivity contribution in [2.75, 3.05) is 12.4 Å². The molecule has 1 N–H and O–H groups in total. The Hall–Kier alpha value is -3.08. The van der Waals surface area contributed by atoms with E-state index in [1.807, 2.05) is 53.1 Å². The third-order valence-electron chi connectivity index (χ3n) is 3.79. The van der Waals surface area contributed by atoms with Gasteiger partial charge in [-0.2, -0.15) is 4.98 Å². The molecule has 0 radical (unpaired) electrons. The molecule has 0 aliphatic rings. The Morgan fingerprint density at radius 2 is 1.87 bits per heavy atom. The molecule has 114 valence electrons. The van der Waals surface area contributed by atoms with Crippen molar-refractivity contribution in [2.24, 2.45) is 0 Å². The number of aromatic nitrogens is 3. The predicted molar refractivity (Wildman–Crippen MR) is 90.8 cm³/mol. The molecule has 3 heterocycles. The van der Waals surface area contributed by atoms with Crippen molar-refractivity contribution in [3.05, 3.63) is 66.4 Å². The van der Waals surface area contributed by atoms with E-state index in [0.29, 0.717) is 5.88 Å². The van der Waals surface area contributed by atoms with Crippen LogP contribution in [0.4, 0.5) is 5.82 Å². The van der Waals surface area contributed by atoms with Gasteiger partial charge in [-0.1, -0.05) is 30.3 Å². The fourth-order valence-electron chi connectivity index (χ4n) is 2.65. The minimum atomic E-state index is 0.583. The number of rotatable bonds is 4. The van der Waals surface area contributed by atoms with Gasteiger partial charge in [0.15, 0.2) is 11.5 Å². The Kier molecular flexibility index (Phi) is 3.31. The molecule has 0 saturated carbocycles. The van der Waals surface area contributed by atoms with Gasteiger partial charge in [0.05, 0.1) is 12.6 Å². The fraction of sp³-hybridized carbons (Fsp3) is 0.111. The van der Waals surface area contributed by atoms with Crippen LogP contribution in [0.5, 0.6) is 5.88 Å². The van der Waals surface area contributed by atoms with Gasteiger partial charge in [-0.3, -0.25) is 4.40 Å². The predicted octanol–water partition coefficient (Wildman–Crippen LogP) is 3.50. The van der Waals surface area contributed by atoms with Gasteiger partial charge < -0.3 is 10.1 Å². The van der Waals surface area contributed by atoms with Crippen molar-refractivity contribution < 1.29 is 4.74 Å². The molecule has 0 aliphatic heterocycles. The molecule has 5 nitrogen and oxygen atoms in total. The quantitative estimate of drug-likeness (QED) is 0.627. The minimum Gasteiger partial charge on any atom is -0.481 e. The molecule has 0 saturated heterocycles. The van der Waals surface area contributed by atoms with Crippen LogP contribution in [0.2, 0.25) is 0 Å². The molecule has 0 amide bonds. The summed E-state index contributed by atoms with van der Waals surface area (Å²) in [5.41, 5.74) is 3.82. The van der Waals surface area contributed by atoms with E-state index >= 15 is 0 Å². The maximum atomic E-state index is 5.22. The van der Waals surface area contributed by atoms with E-state index in [4.69, 9.17) is 9.72 Å². The molecule has 0 spiro atoms. The summed E-state index contributed by atoms with van der Waals surface area (Å²) in [4.78, 5) is 9.22. The molecule has 3 aromatic heterocycles. The van der Waals surface area contributed by atoms with Crippen LogP contribution >= 0.6 is 0 Å². The number of hydrogen-bond acceptors (Lipinski definition) is 4. The molecular weight excluding hydrogens is 288 g/mol. The van der Waals surface area contributed by atoms with E-state index in [1.165, 1.54) is 5.56 Å². The van der Waals surface area contributed by atoms with Crippen LogP contribution in [0, 0.1) is 0 Å². The highest BCUT2D eigenvalue weighted by Gasteiger charge is 2.10. The smallest absolute Gasteiger partial charge is 0.215 e. The number of fused-ring (bicyclic) bond motifs is 3. The second kappa shape index (κ2) is 5.61. The minimum absolute atomic E-state index is 0.583. The number of anilines is 1. The summed E-state index contributed by atoms with van der Waals surface area (Å²) in [5, 5.41) is 3.42. The van der Waals surface area contributed by atoms with Gasteiger partial charge >= 0.3 is 0 Å². The number of nitrogens with one attached hydrogen (secondary N) is 1. The van der Waals surface area contributed by atoms with E-state index in [2.05, 4.69) is 22.4 Å². The van der Waals surface area contributed by atoms with E-state index in [9.17, 15) is 0 Å². The Bertz CT molecular complexity index is 963. The highest BCUT2D eigenvalue weighted by molar-refractivity contribution is 5.82. The van der Waals surface area contributed by atoms with Crippen LogP contribution in [0.1, 0.15) is 5.56 Å². The third-order valence-corrected chi connectivity index (χ3v) is 3.79. The molecule has 0 atom stereocenters. The van der Waals surface area contributed by atoms with Crippen LogP contribution in [-0.4, -0.2) is 21.5 Å². The average Bonchev–Trinajstić information content (AvgIpc) is 3.10. The van der Waals surface area contributed by atoms with E-state index in [1.54, 1.807) is 7.11 Å². The van der Waals surface area contributed by atoms with Gasteiger partial charge in [-0.25, -0.2) is 4.98 Å². The highest BCUT2D eigenvalue weighted by Crippen LogP contribution is 2.23. The Labute approximate surface area is 133 Å². The summed E-state index contributed by atoms with van der Waals surface area (Å²) in [6.45, 7) is 0.726. The molecule has 0 aliphatic carbocycles. The summed E-state index contributed by atoms with van der Waals surface area (Å²) in [6.07, 6.45) is 1.99. The molecule has 23 heavy (non-hydrogen) atoms. The number of pyridine rings is 1. The van der Waals surface area contributed by atoms with Gasteiger partial charge in [-0.05, 0) is 23.8 Å². The summed E-state index contributed by atoms with van der Waals surface area (Å²) in [5.74, 6) is 1.43. The van der Waals surface area contributed by atoms with Crippen LogP contribution in [-0.2, 0) is 6.54 Å². The van der Waals surface area contributed by atoms with Crippen molar-refractivity contribution in [2.45, 2.75) is 6.54 Å². The van der Waals surface area contributed by atoms with E-state index in [0.717, 1.165) is 29.0 Å². The lowest BCUT2D eigenvalue weighted by Crippen LogP contribution is -2.05. The van der Waals surface area contributed by atoms with Crippen molar-refractivity contribution >= 4 is 22.5 Å². The van der Waals surface area contributed by atoms with Crippen molar-refractivity contribution in [1.29, 1.82) is 0 Å². The lowest BCUT2D eigenvalue weighted by atomic mass is 10.2. The van der Waals surface area contributed by atoms with Crippen LogP contribution in [0.3, 0.4) is 0 Å². The number of nitrogens with zero attached hydrogens (tertiary/aromatic N) is 3. The SMILES string of the molecule is COc1ccc2nc(NCc3ccccc3)c3cccn3c2n1. The van der Waals surface area contributed by atoms with Crippen LogP contribution in [0.25, 0.3) is 16.7 Å². The van der Waals surface area contributed by atoms with Crippen LogP contribution in [0.15, 0.2) is 60.8 Å². The third kappa shape index (κ3) is 2.46. The molecule has 4 rings (SSSR count). The Balaban J connectivity index is 1.78. The monoisotopic (exact) mass is 304 g/mol. The second-order valence-electron chi connectivity index (χ2n) is 5.26. The number of hydrogen-bond donors (Lipinski definition) is 1. The second-order valence-corrected chi connectivity index (χ2v) is 5.26. The Morgan fingerprint density at radius 1 is 1.00 bits per heavy atom. The van der Waals surface area contributed by atoms with Crippen molar-refractivity contribution in [3.63, 3.8) is 0 Å². The summed E-state index contributed by atoms with van der Waals surface area (Å²) in [6, 6.07) is 18.0. The molecular formula is C18H16N4O. The molecule has 0 unspecified atom stereocenters.